The van der Waals surface area contributed by atoms with Crippen LogP contribution in [0.2, 0.25) is 0 Å². The summed E-state index contributed by atoms with van der Waals surface area (Å²) >= 11 is 0. The fourth-order valence-electron chi connectivity index (χ4n) is 3.45. The molecule has 1 aromatic carbocycles. The lowest BCUT2D eigenvalue weighted by atomic mass is 9.91. The Morgan fingerprint density at radius 1 is 1.20 bits per heavy atom. The van der Waals surface area contributed by atoms with Crippen LogP contribution in [0.15, 0.2) is 47.7 Å². The van der Waals surface area contributed by atoms with Crippen molar-refractivity contribution in [3.63, 3.8) is 0 Å². The Kier molecular flexibility index (Phi) is 4.05. The standard InChI is InChI=1S/C18H19N5O2/c24-17-2-1-9-21-23(17)14-6-4-13(5-7-14)22-18(25)12-3-8-15-16(10-12)20-11-19-15/h1-3,8-11,13-14H,4-7H2,(H,19,20)(H,22,25). The van der Waals surface area contributed by atoms with Crippen LogP contribution in [0.4, 0.5) is 0 Å². The van der Waals surface area contributed by atoms with Crippen LogP contribution in [0, 0.1) is 0 Å². The van der Waals surface area contributed by atoms with E-state index in [0.29, 0.717) is 5.56 Å². The van der Waals surface area contributed by atoms with Gasteiger partial charge in [-0.05, 0) is 49.9 Å². The number of hydrogen-bond acceptors (Lipinski definition) is 4. The van der Waals surface area contributed by atoms with Crippen molar-refractivity contribution in [2.45, 2.75) is 37.8 Å². The summed E-state index contributed by atoms with van der Waals surface area (Å²) < 4.78 is 1.56. The van der Waals surface area contributed by atoms with Crippen LogP contribution in [0.25, 0.3) is 11.0 Å². The smallest absolute Gasteiger partial charge is 0.266 e. The molecule has 25 heavy (non-hydrogen) atoms. The topological polar surface area (TPSA) is 92.7 Å². The van der Waals surface area contributed by atoms with E-state index in [9.17, 15) is 9.59 Å². The summed E-state index contributed by atoms with van der Waals surface area (Å²) in [5.41, 5.74) is 2.26. The fraction of sp³-hybridized carbons (Fsp3) is 0.333. The van der Waals surface area contributed by atoms with Crippen LogP contribution >= 0.6 is 0 Å². The summed E-state index contributed by atoms with van der Waals surface area (Å²) in [7, 11) is 0. The Labute approximate surface area is 144 Å². The SMILES string of the molecule is O=C(NC1CCC(n2ncccc2=O)CC1)c1ccc2nc[nH]c2c1. The van der Waals surface area contributed by atoms with Crippen LogP contribution in [0.5, 0.6) is 0 Å². The van der Waals surface area contributed by atoms with Crippen LogP contribution < -0.4 is 10.9 Å². The van der Waals surface area contributed by atoms with Gasteiger partial charge in [-0.3, -0.25) is 9.59 Å². The van der Waals surface area contributed by atoms with Gasteiger partial charge in [0.1, 0.15) is 0 Å². The molecule has 1 fully saturated rings. The first-order chi connectivity index (χ1) is 12.2. The maximum atomic E-state index is 12.5. The summed E-state index contributed by atoms with van der Waals surface area (Å²) in [4.78, 5) is 31.5. The maximum absolute atomic E-state index is 12.5. The predicted octanol–water partition coefficient (Wildman–Crippen LogP) is 2.03. The number of hydrogen-bond donors (Lipinski definition) is 2. The zero-order chi connectivity index (χ0) is 17.2. The minimum atomic E-state index is -0.0741. The summed E-state index contributed by atoms with van der Waals surface area (Å²) in [5.74, 6) is -0.0741. The van der Waals surface area contributed by atoms with Gasteiger partial charge >= 0.3 is 0 Å². The Balaban J connectivity index is 1.39. The number of rotatable bonds is 3. The highest BCUT2D eigenvalue weighted by molar-refractivity contribution is 5.97. The molecule has 0 aliphatic heterocycles. The molecule has 0 bridgehead atoms. The van der Waals surface area contributed by atoms with E-state index >= 15 is 0 Å². The zero-order valence-electron chi connectivity index (χ0n) is 13.7. The van der Waals surface area contributed by atoms with Gasteiger partial charge in [-0.25, -0.2) is 9.67 Å². The van der Waals surface area contributed by atoms with E-state index in [1.807, 2.05) is 12.1 Å². The molecule has 128 valence electrons. The molecule has 0 atom stereocenters. The molecule has 1 amide bonds. The van der Waals surface area contributed by atoms with Gasteiger partial charge in [0.15, 0.2) is 0 Å². The molecule has 1 aliphatic carbocycles. The number of imidazole rings is 1. The number of aromatic nitrogens is 4. The lowest BCUT2D eigenvalue weighted by Crippen LogP contribution is -2.39. The second-order valence-electron chi connectivity index (χ2n) is 6.42. The first-order valence-corrected chi connectivity index (χ1v) is 8.48. The fourth-order valence-corrected chi connectivity index (χ4v) is 3.45. The highest BCUT2D eigenvalue weighted by atomic mass is 16.1. The minimum absolute atomic E-state index is 0.0668. The van der Waals surface area contributed by atoms with E-state index in [-0.39, 0.29) is 23.6 Å². The number of carbonyl (C=O) groups is 1. The van der Waals surface area contributed by atoms with E-state index in [2.05, 4.69) is 20.4 Å². The van der Waals surface area contributed by atoms with Gasteiger partial charge < -0.3 is 10.3 Å². The molecule has 1 aliphatic rings. The van der Waals surface area contributed by atoms with Crippen molar-refractivity contribution in [2.75, 3.05) is 0 Å². The maximum Gasteiger partial charge on any atom is 0.266 e. The number of H-pyrrole nitrogens is 1. The molecule has 7 nitrogen and oxygen atoms in total. The van der Waals surface area contributed by atoms with E-state index in [1.165, 1.54) is 6.07 Å². The third kappa shape index (κ3) is 3.17. The first-order valence-electron chi connectivity index (χ1n) is 8.48. The summed E-state index contributed by atoms with van der Waals surface area (Å²) in [5, 5.41) is 7.26. The lowest BCUT2D eigenvalue weighted by Gasteiger charge is -2.29. The van der Waals surface area contributed by atoms with Gasteiger partial charge in [0.25, 0.3) is 11.5 Å². The number of fused-ring (bicyclic) bond motifs is 1. The highest BCUT2D eigenvalue weighted by Crippen LogP contribution is 2.27. The molecule has 2 aromatic heterocycles. The summed E-state index contributed by atoms with van der Waals surface area (Å²) in [6.45, 7) is 0. The quantitative estimate of drug-likeness (QED) is 0.765. The average Bonchev–Trinajstić information content (AvgIpc) is 3.10. The monoisotopic (exact) mass is 337 g/mol. The third-order valence-electron chi connectivity index (χ3n) is 4.80. The van der Waals surface area contributed by atoms with Gasteiger partial charge in [0, 0.05) is 23.9 Å². The molecule has 3 aromatic rings. The van der Waals surface area contributed by atoms with Crippen molar-refractivity contribution in [2.24, 2.45) is 0 Å². The van der Waals surface area contributed by atoms with Crippen LogP contribution in [-0.2, 0) is 0 Å². The van der Waals surface area contributed by atoms with Crippen molar-refractivity contribution < 1.29 is 4.79 Å². The molecule has 7 heteroatoms. The Morgan fingerprint density at radius 2 is 2.04 bits per heavy atom. The second-order valence-corrected chi connectivity index (χ2v) is 6.42. The number of nitrogens with zero attached hydrogens (tertiary/aromatic N) is 3. The number of aromatic amines is 1. The molecule has 0 unspecified atom stereocenters. The molecule has 4 rings (SSSR count). The largest absolute Gasteiger partial charge is 0.349 e. The number of carbonyl (C=O) groups excluding carboxylic acids is 1. The number of amides is 1. The first kappa shape index (κ1) is 15.6. The average molecular weight is 337 g/mol. The highest BCUT2D eigenvalue weighted by Gasteiger charge is 2.25. The van der Waals surface area contributed by atoms with E-state index in [1.54, 1.807) is 29.3 Å². The van der Waals surface area contributed by atoms with Crippen LogP contribution in [0.1, 0.15) is 42.1 Å². The van der Waals surface area contributed by atoms with Crippen molar-refractivity contribution in [1.82, 2.24) is 25.1 Å². The lowest BCUT2D eigenvalue weighted by molar-refractivity contribution is 0.0921. The second kappa shape index (κ2) is 6.51. The molecular formula is C18H19N5O2. The van der Waals surface area contributed by atoms with Gasteiger partial charge in [0.05, 0.1) is 23.4 Å². The van der Waals surface area contributed by atoms with Gasteiger partial charge in [0.2, 0.25) is 0 Å². The normalized spacial score (nSPS) is 20.5. The number of benzene rings is 1. The van der Waals surface area contributed by atoms with E-state index in [0.717, 1.165) is 36.7 Å². The molecule has 2 N–H and O–H groups in total. The van der Waals surface area contributed by atoms with Crippen molar-refractivity contribution in [3.8, 4) is 0 Å². The van der Waals surface area contributed by atoms with Crippen LogP contribution in [-0.4, -0.2) is 31.7 Å². The zero-order valence-corrected chi connectivity index (χ0v) is 13.7. The molecule has 0 radical (unpaired) electrons. The molecule has 2 heterocycles. The summed E-state index contributed by atoms with van der Waals surface area (Å²) in [6.07, 6.45) is 6.61. The van der Waals surface area contributed by atoms with Gasteiger partial charge in [-0.15, -0.1) is 0 Å². The van der Waals surface area contributed by atoms with Crippen molar-refractivity contribution >= 4 is 16.9 Å². The minimum Gasteiger partial charge on any atom is -0.349 e. The Hall–Kier alpha value is -2.96. The van der Waals surface area contributed by atoms with Crippen molar-refractivity contribution in [1.29, 1.82) is 0 Å². The molecule has 0 saturated heterocycles. The molecular weight excluding hydrogens is 318 g/mol. The molecule has 1 saturated carbocycles. The Morgan fingerprint density at radius 3 is 2.84 bits per heavy atom. The van der Waals surface area contributed by atoms with Gasteiger partial charge in [-0.2, -0.15) is 5.10 Å². The van der Waals surface area contributed by atoms with E-state index in [4.69, 9.17) is 0 Å². The Bertz CT molecular complexity index is 953. The van der Waals surface area contributed by atoms with E-state index < -0.39 is 0 Å². The van der Waals surface area contributed by atoms with Crippen molar-refractivity contribution in [3.05, 3.63) is 58.8 Å². The number of nitrogens with one attached hydrogen (secondary N) is 2. The van der Waals surface area contributed by atoms with Crippen LogP contribution in [0.3, 0.4) is 0 Å². The molecule has 0 spiro atoms. The third-order valence-corrected chi connectivity index (χ3v) is 4.80. The summed E-state index contributed by atoms with van der Waals surface area (Å²) in [6, 6.07) is 8.87. The predicted molar refractivity (Wildman–Crippen MR) is 93.3 cm³/mol. The van der Waals surface area contributed by atoms with Gasteiger partial charge in [-0.1, -0.05) is 0 Å².